The number of ether oxygens (including phenoxy) is 1. The lowest BCUT2D eigenvalue weighted by Crippen LogP contribution is -2.49. The lowest BCUT2D eigenvalue weighted by molar-refractivity contribution is -0.00780. The Hall–Kier alpha value is -0.120. The summed E-state index contributed by atoms with van der Waals surface area (Å²) in [7, 11) is 0. The van der Waals surface area contributed by atoms with E-state index in [4.69, 9.17) is 4.74 Å². The van der Waals surface area contributed by atoms with Gasteiger partial charge in [0.15, 0.2) is 0 Å². The lowest BCUT2D eigenvalue weighted by atomic mass is 9.79. The van der Waals surface area contributed by atoms with Crippen LogP contribution in [0.5, 0.6) is 0 Å². The molecule has 1 aliphatic carbocycles. The Morgan fingerprint density at radius 1 is 1.10 bits per heavy atom. The first-order chi connectivity index (χ1) is 10.0. The quantitative estimate of drug-likeness (QED) is 0.707. The first-order valence-electron chi connectivity index (χ1n) is 9.03. The number of nitrogens with zero attached hydrogens (tertiary/aromatic N) is 1. The summed E-state index contributed by atoms with van der Waals surface area (Å²) in [6.45, 7) is 16.0. The van der Waals surface area contributed by atoms with Crippen molar-refractivity contribution in [3.8, 4) is 0 Å². The van der Waals surface area contributed by atoms with Crippen LogP contribution in [0.2, 0.25) is 0 Å². The first kappa shape index (κ1) is 17.2. The number of nitrogens with one attached hydrogen (secondary N) is 1. The third-order valence-corrected chi connectivity index (χ3v) is 4.81. The van der Waals surface area contributed by atoms with Gasteiger partial charge in [0.25, 0.3) is 0 Å². The monoisotopic (exact) mass is 296 g/mol. The van der Waals surface area contributed by atoms with Gasteiger partial charge in [0.05, 0.1) is 0 Å². The molecule has 2 rings (SSSR count). The molecule has 124 valence electrons. The normalized spacial score (nSPS) is 22.4. The number of hydrogen-bond acceptors (Lipinski definition) is 3. The molecule has 3 nitrogen and oxygen atoms in total. The maximum Gasteiger partial charge on any atom is 0.0472 e. The van der Waals surface area contributed by atoms with Crippen molar-refractivity contribution in [2.45, 2.75) is 59.4 Å². The molecule has 0 bridgehead atoms. The van der Waals surface area contributed by atoms with Crippen LogP contribution in [-0.2, 0) is 4.74 Å². The molecule has 0 unspecified atom stereocenters. The third kappa shape index (κ3) is 5.88. The van der Waals surface area contributed by atoms with Crippen molar-refractivity contribution in [3.05, 3.63) is 0 Å². The second-order valence-corrected chi connectivity index (χ2v) is 8.19. The highest BCUT2D eigenvalue weighted by molar-refractivity contribution is 4.93. The van der Waals surface area contributed by atoms with E-state index in [1.165, 1.54) is 38.8 Å². The summed E-state index contributed by atoms with van der Waals surface area (Å²) < 4.78 is 5.64. The Labute approximate surface area is 131 Å². The van der Waals surface area contributed by atoms with Crippen molar-refractivity contribution < 1.29 is 4.74 Å². The van der Waals surface area contributed by atoms with Crippen LogP contribution in [0.25, 0.3) is 0 Å². The minimum atomic E-state index is 0.435. The standard InChI is InChI=1S/C18H36N2O/c1-15(2)11-19-13-18(7-9-21-10-8-18)14-20(12-16(3)4)17-5-6-17/h15-17,19H,5-14H2,1-4H3. The molecule has 0 radical (unpaired) electrons. The van der Waals surface area contributed by atoms with E-state index in [9.17, 15) is 0 Å². The van der Waals surface area contributed by atoms with Crippen molar-refractivity contribution >= 4 is 0 Å². The van der Waals surface area contributed by atoms with Gasteiger partial charge < -0.3 is 10.1 Å². The highest BCUT2D eigenvalue weighted by atomic mass is 16.5. The molecule has 1 saturated carbocycles. The summed E-state index contributed by atoms with van der Waals surface area (Å²) in [5, 5.41) is 3.73. The van der Waals surface area contributed by atoms with Gasteiger partial charge >= 0.3 is 0 Å². The van der Waals surface area contributed by atoms with Crippen molar-refractivity contribution in [2.75, 3.05) is 39.4 Å². The third-order valence-electron chi connectivity index (χ3n) is 4.81. The molecular weight excluding hydrogens is 260 g/mol. The smallest absolute Gasteiger partial charge is 0.0472 e. The lowest BCUT2D eigenvalue weighted by Gasteiger charge is -2.42. The van der Waals surface area contributed by atoms with E-state index in [2.05, 4.69) is 37.9 Å². The minimum Gasteiger partial charge on any atom is -0.381 e. The van der Waals surface area contributed by atoms with Gasteiger partial charge in [-0.3, -0.25) is 4.90 Å². The fourth-order valence-electron chi connectivity index (χ4n) is 3.50. The zero-order valence-corrected chi connectivity index (χ0v) is 14.7. The fraction of sp³-hybridized carbons (Fsp3) is 1.00. The number of rotatable bonds is 9. The van der Waals surface area contributed by atoms with E-state index >= 15 is 0 Å². The van der Waals surface area contributed by atoms with E-state index in [-0.39, 0.29) is 0 Å². The molecule has 0 spiro atoms. The number of hydrogen-bond donors (Lipinski definition) is 1. The topological polar surface area (TPSA) is 24.5 Å². The van der Waals surface area contributed by atoms with Crippen LogP contribution in [0.15, 0.2) is 0 Å². The van der Waals surface area contributed by atoms with Gasteiger partial charge in [-0.1, -0.05) is 27.7 Å². The molecule has 1 aliphatic heterocycles. The van der Waals surface area contributed by atoms with Crippen LogP contribution >= 0.6 is 0 Å². The summed E-state index contributed by atoms with van der Waals surface area (Å²) in [6, 6.07) is 0.872. The van der Waals surface area contributed by atoms with Crippen LogP contribution in [0, 0.1) is 17.3 Å². The molecule has 21 heavy (non-hydrogen) atoms. The van der Waals surface area contributed by atoms with Crippen molar-refractivity contribution in [1.82, 2.24) is 10.2 Å². The summed E-state index contributed by atoms with van der Waals surface area (Å²) in [5.74, 6) is 1.50. The molecule has 2 fully saturated rings. The SMILES string of the molecule is CC(C)CNCC1(CN(CC(C)C)C2CC2)CCOCC1. The van der Waals surface area contributed by atoms with E-state index in [1.807, 2.05) is 0 Å². The van der Waals surface area contributed by atoms with Crippen LogP contribution in [-0.4, -0.2) is 50.3 Å². The Bertz CT molecular complexity index is 294. The van der Waals surface area contributed by atoms with Crippen molar-refractivity contribution in [2.24, 2.45) is 17.3 Å². The molecule has 0 aromatic rings. The zero-order valence-electron chi connectivity index (χ0n) is 14.7. The van der Waals surface area contributed by atoms with Crippen LogP contribution < -0.4 is 5.32 Å². The van der Waals surface area contributed by atoms with Crippen LogP contribution in [0.1, 0.15) is 53.4 Å². The summed E-state index contributed by atoms with van der Waals surface area (Å²) in [5.41, 5.74) is 0.435. The second-order valence-electron chi connectivity index (χ2n) is 8.19. The summed E-state index contributed by atoms with van der Waals surface area (Å²) in [4.78, 5) is 2.78. The van der Waals surface area contributed by atoms with Gasteiger partial charge in [0.2, 0.25) is 0 Å². The zero-order chi connectivity index (χ0) is 15.3. The molecule has 3 heteroatoms. The van der Waals surface area contributed by atoms with Gasteiger partial charge in [-0.25, -0.2) is 0 Å². The van der Waals surface area contributed by atoms with E-state index in [1.54, 1.807) is 0 Å². The average molecular weight is 296 g/mol. The highest BCUT2D eigenvalue weighted by Crippen LogP contribution is 2.36. The second kappa shape index (κ2) is 7.94. The van der Waals surface area contributed by atoms with Gasteiger partial charge in [-0.2, -0.15) is 0 Å². The van der Waals surface area contributed by atoms with Crippen LogP contribution in [0.3, 0.4) is 0 Å². The molecular formula is C18H36N2O. The van der Waals surface area contributed by atoms with Crippen molar-refractivity contribution in [1.29, 1.82) is 0 Å². The van der Waals surface area contributed by atoms with Crippen LogP contribution in [0.4, 0.5) is 0 Å². The van der Waals surface area contributed by atoms with Crippen molar-refractivity contribution in [3.63, 3.8) is 0 Å². The largest absolute Gasteiger partial charge is 0.381 e. The van der Waals surface area contributed by atoms with Gasteiger partial charge in [-0.15, -0.1) is 0 Å². The summed E-state index contributed by atoms with van der Waals surface area (Å²) in [6.07, 6.45) is 5.27. The highest BCUT2D eigenvalue weighted by Gasteiger charge is 2.38. The maximum atomic E-state index is 5.64. The molecule has 0 aromatic heterocycles. The molecule has 1 N–H and O–H groups in total. The Morgan fingerprint density at radius 3 is 2.29 bits per heavy atom. The Morgan fingerprint density at radius 2 is 1.76 bits per heavy atom. The predicted molar refractivity (Wildman–Crippen MR) is 89.6 cm³/mol. The van der Waals surface area contributed by atoms with E-state index in [0.29, 0.717) is 5.41 Å². The minimum absolute atomic E-state index is 0.435. The summed E-state index contributed by atoms with van der Waals surface area (Å²) >= 11 is 0. The van der Waals surface area contributed by atoms with Gasteiger partial charge in [0.1, 0.15) is 0 Å². The Balaban J connectivity index is 1.93. The molecule has 1 saturated heterocycles. The first-order valence-corrected chi connectivity index (χ1v) is 9.03. The average Bonchev–Trinajstić information content (AvgIpc) is 3.22. The predicted octanol–water partition coefficient (Wildman–Crippen LogP) is 3.15. The molecule has 2 aliphatic rings. The molecule has 0 aromatic carbocycles. The fourth-order valence-corrected chi connectivity index (χ4v) is 3.50. The maximum absolute atomic E-state index is 5.64. The molecule has 1 heterocycles. The van der Waals surface area contributed by atoms with Gasteiger partial charge in [0, 0.05) is 38.9 Å². The Kier molecular flexibility index (Phi) is 6.51. The van der Waals surface area contributed by atoms with E-state index < -0.39 is 0 Å². The van der Waals surface area contributed by atoms with E-state index in [0.717, 1.165) is 44.2 Å². The van der Waals surface area contributed by atoms with Gasteiger partial charge in [-0.05, 0) is 49.5 Å². The molecule has 0 amide bonds. The molecule has 0 atom stereocenters.